The first kappa shape index (κ1) is 19.0. The molecule has 0 saturated heterocycles. The van der Waals surface area contributed by atoms with E-state index in [0.717, 1.165) is 0 Å². The van der Waals surface area contributed by atoms with Gasteiger partial charge in [0.05, 0.1) is 0 Å². The molecule has 0 aromatic heterocycles. The summed E-state index contributed by atoms with van der Waals surface area (Å²) in [7, 11) is 0. The maximum absolute atomic E-state index is 3.00. The Balaban J connectivity index is -0.000000333. The Kier molecular flexibility index (Phi) is 11.4. The van der Waals surface area contributed by atoms with E-state index in [9.17, 15) is 0 Å². The van der Waals surface area contributed by atoms with Gasteiger partial charge in [-0.1, -0.05) is 20.8 Å². The van der Waals surface area contributed by atoms with Gasteiger partial charge in [-0.3, -0.25) is 0 Å². The fourth-order valence-corrected chi connectivity index (χ4v) is 0.887. The Hall–Kier alpha value is 0.396. The first-order valence-corrected chi connectivity index (χ1v) is 3.57. The molecular formula is C10H14BrFMg. The van der Waals surface area contributed by atoms with Crippen molar-refractivity contribution in [3.8, 4) is 0 Å². The predicted molar refractivity (Wildman–Crippen MR) is 60.1 cm³/mol. The average molecular weight is 257 g/mol. The molecule has 70 valence electrons. The van der Waals surface area contributed by atoms with Crippen molar-refractivity contribution in [3.05, 3.63) is 35.9 Å². The minimum Gasteiger partial charge on any atom is -1.00 e. The van der Waals surface area contributed by atoms with Crippen molar-refractivity contribution in [3.63, 3.8) is 0 Å². The zero-order valence-corrected chi connectivity index (χ0v) is 11.4. The molecule has 0 spiro atoms. The van der Waals surface area contributed by atoms with Gasteiger partial charge in [-0.15, -0.1) is 17.0 Å². The van der Waals surface area contributed by atoms with Gasteiger partial charge in [0, 0.05) is 0 Å². The number of hydrogen-bond donors (Lipinski definition) is 0. The summed E-state index contributed by atoms with van der Waals surface area (Å²) in [5.74, 6) is 0. The van der Waals surface area contributed by atoms with Gasteiger partial charge in [0.25, 0.3) is 0 Å². The zero-order chi connectivity index (χ0) is 7.61. The van der Waals surface area contributed by atoms with Crippen LogP contribution in [0.4, 0.5) is 0 Å². The third-order valence-electron chi connectivity index (χ3n) is 1.58. The minimum absolute atomic E-state index is 0. The van der Waals surface area contributed by atoms with Crippen LogP contribution >= 0.6 is 17.0 Å². The standard InChI is InChI=1S/C10H13.BrH.FH.Mg/c1-10(2,3)9-7-5-4-6-8-9;;;/h5-8H,1-3H3;2*1H;/q-1;;;+2/p-1. The van der Waals surface area contributed by atoms with E-state index >= 15 is 0 Å². The molecular weight excluding hydrogens is 243 g/mol. The zero-order valence-electron chi connectivity index (χ0n) is 8.30. The largest absolute Gasteiger partial charge is 2.00 e. The Labute approximate surface area is 106 Å². The van der Waals surface area contributed by atoms with Crippen LogP contribution in [0.5, 0.6) is 0 Å². The third-order valence-corrected chi connectivity index (χ3v) is 1.58. The molecule has 0 radical (unpaired) electrons. The topological polar surface area (TPSA) is 0 Å². The van der Waals surface area contributed by atoms with Crippen molar-refractivity contribution in [2.75, 3.05) is 0 Å². The predicted octanol–water partition coefficient (Wildman–Crippen LogP) is -0.0146. The third kappa shape index (κ3) is 6.46. The van der Waals surface area contributed by atoms with E-state index < -0.39 is 0 Å². The Morgan fingerprint density at radius 1 is 1.08 bits per heavy atom. The quantitative estimate of drug-likeness (QED) is 0.453. The van der Waals surface area contributed by atoms with Crippen LogP contribution in [0.25, 0.3) is 0 Å². The van der Waals surface area contributed by atoms with Crippen LogP contribution in [0.15, 0.2) is 24.3 Å². The van der Waals surface area contributed by atoms with Crippen molar-refractivity contribution in [2.24, 2.45) is 0 Å². The van der Waals surface area contributed by atoms with E-state index in [4.69, 9.17) is 0 Å². The molecule has 0 bridgehead atoms. The van der Waals surface area contributed by atoms with Gasteiger partial charge in [0.1, 0.15) is 0 Å². The average Bonchev–Trinajstić information content (AvgIpc) is 1.88. The van der Waals surface area contributed by atoms with Crippen molar-refractivity contribution >= 4 is 40.0 Å². The minimum atomic E-state index is 0. The summed E-state index contributed by atoms with van der Waals surface area (Å²) in [5, 5.41) is 0. The Bertz CT molecular complexity index is 206. The molecule has 0 atom stereocenters. The van der Waals surface area contributed by atoms with Crippen molar-refractivity contribution in [2.45, 2.75) is 26.2 Å². The number of rotatable bonds is 0. The van der Waals surface area contributed by atoms with Crippen molar-refractivity contribution in [1.29, 1.82) is 0 Å². The van der Waals surface area contributed by atoms with Crippen LogP contribution in [0.2, 0.25) is 0 Å². The molecule has 0 aliphatic carbocycles. The summed E-state index contributed by atoms with van der Waals surface area (Å²) in [6.07, 6.45) is 0. The van der Waals surface area contributed by atoms with Crippen LogP contribution < -0.4 is 4.70 Å². The molecule has 0 N–H and O–H groups in total. The molecule has 0 unspecified atom stereocenters. The van der Waals surface area contributed by atoms with Gasteiger partial charge >= 0.3 is 23.1 Å². The fraction of sp³-hybridized carbons (Fsp3) is 0.400. The van der Waals surface area contributed by atoms with Gasteiger partial charge in [0.2, 0.25) is 0 Å². The number of hydrogen-bond acceptors (Lipinski definition) is 0. The summed E-state index contributed by atoms with van der Waals surface area (Å²) in [6.45, 7) is 6.63. The van der Waals surface area contributed by atoms with E-state index in [1.165, 1.54) is 5.56 Å². The molecule has 0 heterocycles. The molecule has 0 nitrogen and oxygen atoms in total. The summed E-state index contributed by atoms with van der Waals surface area (Å²) in [6, 6.07) is 11.1. The molecule has 0 aliphatic rings. The summed E-state index contributed by atoms with van der Waals surface area (Å²) >= 11 is 0. The normalized spacial score (nSPS) is 8.85. The van der Waals surface area contributed by atoms with Crippen LogP contribution in [-0.2, 0) is 5.41 Å². The SMILES string of the molecule is Br.CC(C)(C)c1cc[c-]cc1.[F-].[Mg+2]. The summed E-state index contributed by atoms with van der Waals surface area (Å²) in [4.78, 5) is 0. The Morgan fingerprint density at radius 2 is 1.46 bits per heavy atom. The fourth-order valence-electron chi connectivity index (χ4n) is 0.887. The van der Waals surface area contributed by atoms with Gasteiger partial charge in [-0.05, 0) is 5.41 Å². The Morgan fingerprint density at radius 3 is 1.69 bits per heavy atom. The van der Waals surface area contributed by atoms with Crippen molar-refractivity contribution in [1.82, 2.24) is 0 Å². The second-order valence-electron chi connectivity index (χ2n) is 3.54. The van der Waals surface area contributed by atoms with Gasteiger partial charge < -0.3 is 4.70 Å². The van der Waals surface area contributed by atoms with E-state index in [1.54, 1.807) is 0 Å². The number of benzene rings is 1. The maximum Gasteiger partial charge on any atom is 2.00 e. The molecule has 1 aromatic rings. The van der Waals surface area contributed by atoms with E-state index in [0.29, 0.717) is 0 Å². The molecule has 1 aromatic carbocycles. The smallest absolute Gasteiger partial charge is 1.00 e. The number of halogens is 2. The maximum atomic E-state index is 3.00. The van der Waals surface area contributed by atoms with Gasteiger partial charge in [-0.2, -0.15) is 35.9 Å². The molecule has 0 aliphatic heterocycles. The van der Waals surface area contributed by atoms with Crippen LogP contribution in [-0.4, -0.2) is 23.1 Å². The van der Waals surface area contributed by atoms with Gasteiger partial charge in [0.15, 0.2) is 0 Å². The second kappa shape index (κ2) is 7.77. The van der Waals surface area contributed by atoms with E-state index in [2.05, 4.69) is 39.0 Å². The monoisotopic (exact) mass is 256 g/mol. The van der Waals surface area contributed by atoms with Crippen LogP contribution in [0, 0.1) is 6.07 Å². The molecule has 0 amide bonds. The molecule has 0 saturated carbocycles. The van der Waals surface area contributed by atoms with E-state index in [-0.39, 0.29) is 50.2 Å². The first-order chi connectivity index (χ1) is 4.61. The van der Waals surface area contributed by atoms with Crippen LogP contribution in [0.1, 0.15) is 26.3 Å². The molecule has 13 heavy (non-hydrogen) atoms. The van der Waals surface area contributed by atoms with Crippen LogP contribution in [0.3, 0.4) is 0 Å². The van der Waals surface area contributed by atoms with Crippen molar-refractivity contribution < 1.29 is 4.70 Å². The van der Waals surface area contributed by atoms with Gasteiger partial charge in [-0.25, -0.2) is 0 Å². The summed E-state index contributed by atoms with van der Waals surface area (Å²) in [5.41, 5.74) is 1.64. The molecule has 3 heteroatoms. The van der Waals surface area contributed by atoms with E-state index in [1.807, 2.05) is 12.1 Å². The molecule has 1 rings (SSSR count). The molecule has 0 fully saturated rings. The summed E-state index contributed by atoms with van der Waals surface area (Å²) < 4.78 is 0. The first-order valence-electron chi connectivity index (χ1n) is 3.57. The second-order valence-corrected chi connectivity index (χ2v) is 3.54.